The average Bonchev–Trinajstić information content (AvgIpc) is 2.02. The Kier molecular flexibility index (Phi) is 6.23. The molecule has 0 aliphatic rings. The van der Waals surface area contributed by atoms with Crippen molar-refractivity contribution in [3.05, 3.63) is 0 Å². The second-order valence-electron chi connectivity index (χ2n) is 2.87. The number of aliphatic hydroxyl groups excluding tert-OH is 2. The maximum atomic E-state index is 10.7. The molecule has 0 radical (unpaired) electrons. The standard InChI is InChI=1S/C7H16O5S/c8-5-1-3-7(4-2-6-9)13(10,11)12/h7-9H,1-6H2,(H,10,11,12). The summed E-state index contributed by atoms with van der Waals surface area (Å²) >= 11 is 0. The molecule has 5 nitrogen and oxygen atoms in total. The van der Waals surface area contributed by atoms with E-state index in [1.807, 2.05) is 0 Å². The van der Waals surface area contributed by atoms with E-state index in [-0.39, 0.29) is 26.1 Å². The van der Waals surface area contributed by atoms with Crippen LogP contribution in [0.25, 0.3) is 0 Å². The van der Waals surface area contributed by atoms with Crippen molar-refractivity contribution in [3.8, 4) is 0 Å². The predicted molar refractivity (Wildman–Crippen MR) is 48.0 cm³/mol. The molecule has 13 heavy (non-hydrogen) atoms. The maximum Gasteiger partial charge on any atom is 0.267 e. The minimum atomic E-state index is -4.03. The quantitative estimate of drug-likeness (QED) is 0.507. The molecule has 0 spiro atoms. The van der Waals surface area contributed by atoms with Crippen LogP contribution >= 0.6 is 0 Å². The van der Waals surface area contributed by atoms with Gasteiger partial charge in [0, 0.05) is 13.2 Å². The first-order valence-electron chi connectivity index (χ1n) is 4.20. The molecule has 0 rings (SSSR count). The third-order valence-electron chi connectivity index (χ3n) is 1.79. The zero-order chi connectivity index (χ0) is 10.3. The van der Waals surface area contributed by atoms with Crippen LogP contribution in [0.2, 0.25) is 0 Å². The highest BCUT2D eigenvalue weighted by Crippen LogP contribution is 2.13. The number of hydrogen-bond acceptors (Lipinski definition) is 4. The Labute approximate surface area is 78.1 Å². The van der Waals surface area contributed by atoms with Gasteiger partial charge in [0.25, 0.3) is 10.1 Å². The van der Waals surface area contributed by atoms with Crippen molar-refractivity contribution >= 4 is 10.1 Å². The lowest BCUT2D eigenvalue weighted by Crippen LogP contribution is -2.21. The molecule has 0 amide bonds. The largest absolute Gasteiger partial charge is 0.396 e. The first-order valence-corrected chi connectivity index (χ1v) is 5.70. The zero-order valence-electron chi connectivity index (χ0n) is 7.39. The molecule has 0 saturated heterocycles. The molecule has 0 heterocycles. The third kappa shape index (κ3) is 5.98. The van der Waals surface area contributed by atoms with Gasteiger partial charge in [-0.2, -0.15) is 8.42 Å². The summed E-state index contributed by atoms with van der Waals surface area (Å²) in [6.45, 7) is -0.184. The molecule has 0 aromatic rings. The Hall–Kier alpha value is -0.170. The van der Waals surface area contributed by atoms with Gasteiger partial charge in [-0.1, -0.05) is 0 Å². The zero-order valence-corrected chi connectivity index (χ0v) is 8.20. The smallest absolute Gasteiger partial charge is 0.267 e. The van der Waals surface area contributed by atoms with E-state index in [0.29, 0.717) is 12.8 Å². The Balaban J connectivity index is 4.04. The molecular formula is C7H16O5S. The summed E-state index contributed by atoms with van der Waals surface area (Å²) in [5.74, 6) is 0. The summed E-state index contributed by atoms with van der Waals surface area (Å²) < 4.78 is 30.2. The minimum absolute atomic E-state index is 0.0921. The summed E-state index contributed by atoms with van der Waals surface area (Å²) in [4.78, 5) is 0. The van der Waals surface area contributed by atoms with Gasteiger partial charge in [0.1, 0.15) is 0 Å². The van der Waals surface area contributed by atoms with Crippen LogP contribution in [0.5, 0.6) is 0 Å². The lowest BCUT2D eigenvalue weighted by Gasteiger charge is -2.11. The summed E-state index contributed by atoms with van der Waals surface area (Å²) in [5, 5.41) is 16.1. The van der Waals surface area contributed by atoms with Gasteiger partial charge in [-0.05, 0) is 25.7 Å². The maximum absolute atomic E-state index is 10.7. The first-order chi connectivity index (χ1) is 6.02. The fraction of sp³-hybridized carbons (Fsp3) is 1.00. The van der Waals surface area contributed by atoms with Crippen LogP contribution in [0.1, 0.15) is 25.7 Å². The monoisotopic (exact) mass is 212 g/mol. The van der Waals surface area contributed by atoms with Crippen molar-refractivity contribution in [1.82, 2.24) is 0 Å². The normalized spacial score (nSPS) is 12.3. The molecule has 0 unspecified atom stereocenters. The van der Waals surface area contributed by atoms with Crippen LogP contribution in [0.3, 0.4) is 0 Å². The van der Waals surface area contributed by atoms with E-state index in [9.17, 15) is 8.42 Å². The molecule has 80 valence electrons. The third-order valence-corrected chi connectivity index (χ3v) is 3.10. The van der Waals surface area contributed by atoms with Gasteiger partial charge in [0.15, 0.2) is 0 Å². The molecule has 0 fully saturated rings. The second kappa shape index (κ2) is 6.31. The second-order valence-corrected chi connectivity index (χ2v) is 4.57. The van der Waals surface area contributed by atoms with Gasteiger partial charge in [-0.15, -0.1) is 0 Å². The van der Waals surface area contributed by atoms with E-state index < -0.39 is 15.4 Å². The Morgan fingerprint density at radius 2 is 1.38 bits per heavy atom. The molecular weight excluding hydrogens is 196 g/mol. The predicted octanol–water partition coefficient (Wildman–Crippen LogP) is -0.212. The van der Waals surface area contributed by atoms with E-state index in [1.165, 1.54) is 0 Å². The van der Waals surface area contributed by atoms with Crippen molar-refractivity contribution < 1.29 is 23.2 Å². The Morgan fingerprint density at radius 1 is 1.00 bits per heavy atom. The van der Waals surface area contributed by atoms with Crippen LogP contribution < -0.4 is 0 Å². The molecule has 0 aliphatic heterocycles. The summed E-state index contributed by atoms with van der Waals surface area (Å²) in [7, 11) is -4.03. The van der Waals surface area contributed by atoms with Gasteiger partial charge in [-0.25, -0.2) is 0 Å². The van der Waals surface area contributed by atoms with Crippen molar-refractivity contribution in [2.24, 2.45) is 0 Å². The van der Waals surface area contributed by atoms with Gasteiger partial charge in [0.2, 0.25) is 0 Å². The Bertz CT molecular complexity index is 203. The highest BCUT2D eigenvalue weighted by Gasteiger charge is 2.21. The van der Waals surface area contributed by atoms with Gasteiger partial charge < -0.3 is 10.2 Å². The van der Waals surface area contributed by atoms with E-state index in [2.05, 4.69) is 0 Å². The molecule has 0 saturated carbocycles. The molecule has 3 N–H and O–H groups in total. The lowest BCUT2D eigenvalue weighted by atomic mass is 10.1. The van der Waals surface area contributed by atoms with Crippen molar-refractivity contribution in [3.63, 3.8) is 0 Å². The highest BCUT2D eigenvalue weighted by atomic mass is 32.2. The van der Waals surface area contributed by atoms with Gasteiger partial charge >= 0.3 is 0 Å². The van der Waals surface area contributed by atoms with Crippen LogP contribution in [-0.2, 0) is 10.1 Å². The van der Waals surface area contributed by atoms with Gasteiger partial charge in [-0.3, -0.25) is 4.55 Å². The molecule has 0 bridgehead atoms. The highest BCUT2D eigenvalue weighted by molar-refractivity contribution is 7.86. The van der Waals surface area contributed by atoms with Crippen LogP contribution in [-0.4, -0.2) is 41.6 Å². The fourth-order valence-corrected chi connectivity index (χ4v) is 2.01. The number of aliphatic hydroxyl groups is 2. The SMILES string of the molecule is O=S(=O)(O)C(CCCO)CCCO. The van der Waals surface area contributed by atoms with Gasteiger partial charge in [0.05, 0.1) is 5.25 Å². The van der Waals surface area contributed by atoms with Crippen LogP contribution in [0.15, 0.2) is 0 Å². The van der Waals surface area contributed by atoms with E-state index in [1.54, 1.807) is 0 Å². The molecule has 6 heteroatoms. The van der Waals surface area contributed by atoms with E-state index in [0.717, 1.165) is 0 Å². The van der Waals surface area contributed by atoms with Crippen LogP contribution in [0.4, 0.5) is 0 Å². The number of hydrogen-bond donors (Lipinski definition) is 3. The van der Waals surface area contributed by atoms with Crippen molar-refractivity contribution in [1.29, 1.82) is 0 Å². The lowest BCUT2D eigenvalue weighted by molar-refractivity contribution is 0.270. The first kappa shape index (κ1) is 12.8. The fourth-order valence-electron chi connectivity index (χ4n) is 1.08. The Morgan fingerprint density at radius 3 is 1.62 bits per heavy atom. The molecule has 0 aromatic heterocycles. The van der Waals surface area contributed by atoms with Crippen molar-refractivity contribution in [2.45, 2.75) is 30.9 Å². The number of rotatable bonds is 7. The molecule has 0 aliphatic carbocycles. The summed E-state index contributed by atoms with van der Waals surface area (Å²) in [6.07, 6.45) is 1.15. The van der Waals surface area contributed by atoms with E-state index >= 15 is 0 Å². The summed E-state index contributed by atoms with van der Waals surface area (Å²) in [6, 6.07) is 0. The topological polar surface area (TPSA) is 94.8 Å². The molecule has 0 atom stereocenters. The summed E-state index contributed by atoms with van der Waals surface area (Å²) in [5.41, 5.74) is 0. The minimum Gasteiger partial charge on any atom is -0.396 e. The average molecular weight is 212 g/mol. The van der Waals surface area contributed by atoms with Crippen LogP contribution in [0, 0.1) is 0 Å². The molecule has 0 aromatic carbocycles. The van der Waals surface area contributed by atoms with E-state index in [4.69, 9.17) is 14.8 Å². The van der Waals surface area contributed by atoms with Crippen molar-refractivity contribution in [2.75, 3.05) is 13.2 Å².